The molecule has 1 aromatic heterocycles. The minimum Gasteiger partial charge on any atom is -0.489 e. The van der Waals surface area contributed by atoms with Gasteiger partial charge in [0.05, 0.1) is 19.3 Å². The summed E-state index contributed by atoms with van der Waals surface area (Å²) in [7, 11) is 0. The van der Waals surface area contributed by atoms with Gasteiger partial charge in [-0.1, -0.05) is 0 Å². The molecule has 0 saturated carbocycles. The Kier molecular flexibility index (Phi) is 3.59. The number of carbonyl (C=O) groups excluding carboxylic acids is 1. The van der Waals surface area contributed by atoms with E-state index in [0.717, 1.165) is 32.0 Å². The minimum atomic E-state index is -0.0193. The molecule has 1 amide bonds. The van der Waals surface area contributed by atoms with E-state index < -0.39 is 0 Å². The molecular formula is C15H20N4O3. The van der Waals surface area contributed by atoms with Crippen LogP contribution < -0.4 is 15.0 Å². The number of pyridine rings is 1. The summed E-state index contributed by atoms with van der Waals surface area (Å²) in [4.78, 5) is 21.5. The van der Waals surface area contributed by atoms with E-state index >= 15 is 0 Å². The average Bonchev–Trinajstić information content (AvgIpc) is 2.73. The summed E-state index contributed by atoms with van der Waals surface area (Å²) in [5.74, 6) is 1.40. The molecule has 1 aromatic rings. The normalized spacial score (nSPS) is 25.1. The molecule has 0 bridgehead atoms. The molecule has 3 aliphatic rings. The first-order chi connectivity index (χ1) is 10.8. The van der Waals surface area contributed by atoms with Crippen LogP contribution in [0.1, 0.15) is 10.5 Å². The maximum absolute atomic E-state index is 12.8. The maximum Gasteiger partial charge on any atom is 0.276 e. The molecule has 0 aromatic carbocycles. The molecule has 1 atom stereocenters. The highest BCUT2D eigenvalue weighted by Crippen LogP contribution is 2.27. The van der Waals surface area contributed by atoms with Gasteiger partial charge in [-0.2, -0.15) is 0 Å². The first kappa shape index (κ1) is 13.8. The Bertz CT molecular complexity index is 574. The van der Waals surface area contributed by atoms with Gasteiger partial charge < -0.3 is 24.6 Å². The van der Waals surface area contributed by atoms with E-state index in [9.17, 15) is 4.79 Å². The highest BCUT2D eigenvalue weighted by Gasteiger charge is 2.34. The van der Waals surface area contributed by atoms with Crippen LogP contribution in [0.5, 0.6) is 5.75 Å². The van der Waals surface area contributed by atoms with Gasteiger partial charge in [0.1, 0.15) is 12.4 Å². The van der Waals surface area contributed by atoms with Gasteiger partial charge >= 0.3 is 0 Å². The number of hydrogen-bond acceptors (Lipinski definition) is 6. The SMILES string of the molecule is O=C1c2nc(N3CCOCC3)ccc2OCC2CNCCN12. The molecule has 1 N–H and O–H groups in total. The van der Waals surface area contributed by atoms with E-state index in [1.165, 1.54) is 0 Å². The molecule has 0 aliphatic carbocycles. The summed E-state index contributed by atoms with van der Waals surface area (Å²) in [5.41, 5.74) is 0.438. The van der Waals surface area contributed by atoms with Crippen LogP contribution in [0.25, 0.3) is 0 Å². The third-order valence-electron chi connectivity index (χ3n) is 4.42. The lowest BCUT2D eigenvalue weighted by Gasteiger charge is -2.33. The molecule has 1 unspecified atom stereocenters. The number of piperazine rings is 1. The zero-order chi connectivity index (χ0) is 14.9. The topological polar surface area (TPSA) is 66.9 Å². The van der Waals surface area contributed by atoms with Crippen molar-refractivity contribution >= 4 is 11.7 Å². The molecule has 0 spiro atoms. The van der Waals surface area contributed by atoms with E-state index in [-0.39, 0.29) is 11.9 Å². The largest absolute Gasteiger partial charge is 0.489 e. The standard InChI is InChI=1S/C15H20N4O3/c20-15-14-12(22-10-11-9-16-3-4-19(11)15)1-2-13(17-14)18-5-7-21-8-6-18/h1-2,11,16H,3-10H2. The number of amides is 1. The molecule has 7 nitrogen and oxygen atoms in total. The lowest BCUT2D eigenvalue weighted by atomic mass is 10.2. The van der Waals surface area contributed by atoms with E-state index in [1.807, 2.05) is 17.0 Å². The fraction of sp³-hybridized carbons (Fsp3) is 0.600. The summed E-state index contributed by atoms with van der Waals surface area (Å²) in [5, 5.41) is 3.31. The second-order valence-electron chi connectivity index (χ2n) is 5.78. The van der Waals surface area contributed by atoms with E-state index in [0.29, 0.717) is 37.8 Å². The van der Waals surface area contributed by atoms with Crippen molar-refractivity contribution in [2.75, 3.05) is 57.4 Å². The van der Waals surface area contributed by atoms with Crippen molar-refractivity contribution in [3.05, 3.63) is 17.8 Å². The van der Waals surface area contributed by atoms with Crippen LogP contribution in [0.4, 0.5) is 5.82 Å². The fourth-order valence-corrected chi connectivity index (χ4v) is 3.17. The molecule has 4 heterocycles. The first-order valence-corrected chi connectivity index (χ1v) is 7.81. The monoisotopic (exact) mass is 304 g/mol. The number of fused-ring (bicyclic) bond motifs is 2. The Morgan fingerprint density at radius 2 is 2.09 bits per heavy atom. The van der Waals surface area contributed by atoms with E-state index in [4.69, 9.17) is 9.47 Å². The van der Waals surface area contributed by atoms with Crippen LogP contribution in [0.15, 0.2) is 12.1 Å². The maximum atomic E-state index is 12.8. The van der Waals surface area contributed by atoms with Crippen molar-refractivity contribution < 1.29 is 14.3 Å². The van der Waals surface area contributed by atoms with Gasteiger partial charge in [-0.15, -0.1) is 0 Å². The average molecular weight is 304 g/mol. The van der Waals surface area contributed by atoms with Crippen LogP contribution in [0.3, 0.4) is 0 Å². The molecule has 7 heteroatoms. The number of rotatable bonds is 1. The van der Waals surface area contributed by atoms with Gasteiger partial charge in [-0.25, -0.2) is 4.98 Å². The van der Waals surface area contributed by atoms with Gasteiger partial charge in [0.2, 0.25) is 0 Å². The predicted octanol–water partition coefficient (Wildman–Crippen LogP) is -0.275. The quantitative estimate of drug-likeness (QED) is 0.770. The number of ether oxygens (including phenoxy) is 2. The zero-order valence-corrected chi connectivity index (χ0v) is 12.5. The molecule has 2 fully saturated rings. The van der Waals surface area contributed by atoms with Crippen molar-refractivity contribution in [2.45, 2.75) is 6.04 Å². The van der Waals surface area contributed by atoms with Crippen molar-refractivity contribution in [2.24, 2.45) is 0 Å². The third-order valence-corrected chi connectivity index (χ3v) is 4.42. The molecule has 3 aliphatic heterocycles. The minimum absolute atomic E-state index is 0.0193. The van der Waals surface area contributed by atoms with Gasteiger partial charge in [0.15, 0.2) is 11.4 Å². The first-order valence-electron chi connectivity index (χ1n) is 7.81. The highest BCUT2D eigenvalue weighted by atomic mass is 16.5. The Balaban J connectivity index is 1.65. The van der Waals surface area contributed by atoms with Crippen LogP contribution >= 0.6 is 0 Å². The fourth-order valence-electron chi connectivity index (χ4n) is 3.17. The van der Waals surface area contributed by atoms with Crippen LogP contribution in [0.2, 0.25) is 0 Å². The smallest absolute Gasteiger partial charge is 0.276 e. The molecule has 22 heavy (non-hydrogen) atoms. The molecule has 2 saturated heterocycles. The molecule has 0 radical (unpaired) electrons. The lowest BCUT2D eigenvalue weighted by Crippen LogP contribution is -2.55. The van der Waals surface area contributed by atoms with Gasteiger partial charge in [0.25, 0.3) is 5.91 Å². The Labute approximate surface area is 129 Å². The second-order valence-corrected chi connectivity index (χ2v) is 5.78. The van der Waals surface area contributed by atoms with Crippen molar-refractivity contribution in [1.29, 1.82) is 0 Å². The molecule has 4 rings (SSSR count). The number of carbonyl (C=O) groups is 1. The Hall–Kier alpha value is -1.86. The number of morpholine rings is 1. The van der Waals surface area contributed by atoms with Crippen molar-refractivity contribution in [3.8, 4) is 5.75 Å². The predicted molar refractivity (Wildman–Crippen MR) is 80.5 cm³/mol. The third kappa shape index (κ3) is 2.40. The number of nitrogens with one attached hydrogen (secondary N) is 1. The van der Waals surface area contributed by atoms with Crippen molar-refractivity contribution in [1.82, 2.24) is 15.2 Å². The number of aromatic nitrogens is 1. The second kappa shape index (κ2) is 5.73. The summed E-state index contributed by atoms with van der Waals surface area (Å²) >= 11 is 0. The Morgan fingerprint density at radius 3 is 2.95 bits per heavy atom. The van der Waals surface area contributed by atoms with E-state index in [1.54, 1.807) is 0 Å². The van der Waals surface area contributed by atoms with Crippen LogP contribution in [-0.4, -0.2) is 74.4 Å². The zero-order valence-electron chi connectivity index (χ0n) is 12.5. The number of anilines is 1. The summed E-state index contributed by atoms with van der Waals surface area (Å²) in [6, 6.07) is 3.89. The van der Waals surface area contributed by atoms with Gasteiger partial charge in [-0.3, -0.25) is 4.79 Å². The Morgan fingerprint density at radius 1 is 1.23 bits per heavy atom. The number of nitrogens with zero attached hydrogens (tertiary/aromatic N) is 3. The van der Waals surface area contributed by atoms with Crippen LogP contribution in [-0.2, 0) is 4.74 Å². The summed E-state index contributed by atoms with van der Waals surface area (Å²) < 4.78 is 11.2. The summed E-state index contributed by atoms with van der Waals surface area (Å²) in [6.07, 6.45) is 0. The van der Waals surface area contributed by atoms with Gasteiger partial charge in [0, 0.05) is 32.7 Å². The number of hydrogen-bond donors (Lipinski definition) is 1. The highest BCUT2D eigenvalue weighted by molar-refractivity contribution is 5.96. The molecular weight excluding hydrogens is 284 g/mol. The van der Waals surface area contributed by atoms with Crippen LogP contribution in [0, 0.1) is 0 Å². The summed E-state index contributed by atoms with van der Waals surface area (Å²) in [6.45, 7) is 5.82. The molecule has 118 valence electrons. The lowest BCUT2D eigenvalue weighted by molar-refractivity contribution is 0.0602. The van der Waals surface area contributed by atoms with Gasteiger partial charge in [-0.05, 0) is 12.1 Å². The van der Waals surface area contributed by atoms with E-state index in [2.05, 4.69) is 15.2 Å². The van der Waals surface area contributed by atoms with Crippen molar-refractivity contribution in [3.63, 3.8) is 0 Å².